The van der Waals surface area contributed by atoms with E-state index in [9.17, 15) is 4.79 Å². The molecule has 0 radical (unpaired) electrons. The van der Waals surface area contributed by atoms with Gasteiger partial charge in [-0.15, -0.1) is 11.6 Å². The number of aromatic nitrogens is 1. The summed E-state index contributed by atoms with van der Waals surface area (Å²) >= 11 is 5.72. The van der Waals surface area contributed by atoms with Crippen molar-refractivity contribution >= 4 is 23.5 Å². The van der Waals surface area contributed by atoms with Crippen LogP contribution in [-0.4, -0.2) is 29.1 Å². The van der Waals surface area contributed by atoms with Gasteiger partial charge >= 0.3 is 6.09 Å². The van der Waals surface area contributed by atoms with Gasteiger partial charge in [-0.05, 0) is 45.4 Å². The third-order valence-corrected chi connectivity index (χ3v) is 2.27. The molecule has 5 heteroatoms. The van der Waals surface area contributed by atoms with Crippen molar-refractivity contribution in [1.29, 1.82) is 0 Å². The zero-order valence-corrected chi connectivity index (χ0v) is 12.0. The number of rotatable bonds is 3. The first kappa shape index (κ1) is 14.8. The van der Waals surface area contributed by atoms with Gasteiger partial charge in [0, 0.05) is 18.6 Å². The summed E-state index contributed by atoms with van der Waals surface area (Å²) in [5, 5.41) is 0. The van der Waals surface area contributed by atoms with Gasteiger partial charge in [0.25, 0.3) is 0 Å². The van der Waals surface area contributed by atoms with Gasteiger partial charge in [-0.1, -0.05) is 0 Å². The fraction of sp³-hybridized carbons (Fsp3) is 0.538. The third kappa shape index (κ3) is 4.53. The fourth-order valence-corrected chi connectivity index (χ4v) is 1.54. The molecule has 1 rings (SSSR count). The van der Waals surface area contributed by atoms with E-state index in [0.717, 1.165) is 5.56 Å². The molecule has 4 nitrogen and oxygen atoms in total. The molecule has 0 bridgehead atoms. The number of nitrogens with zero attached hydrogens (tertiary/aromatic N) is 2. The minimum Gasteiger partial charge on any atom is -0.443 e. The summed E-state index contributed by atoms with van der Waals surface area (Å²) in [6.07, 6.45) is 1.23. The monoisotopic (exact) mass is 270 g/mol. The number of hydrogen-bond donors (Lipinski definition) is 0. The molecule has 18 heavy (non-hydrogen) atoms. The topological polar surface area (TPSA) is 42.4 Å². The molecule has 0 N–H and O–H groups in total. The number of anilines is 1. The summed E-state index contributed by atoms with van der Waals surface area (Å²) in [6, 6.07) is 3.70. The van der Waals surface area contributed by atoms with Gasteiger partial charge in [-0.25, -0.2) is 9.78 Å². The molecule has 0 atom stereocenters. The van der Waals surface area contributed by atoms with E-state index < -0.39 is 11.7 Å². The summed E-state index contributed by atoms with van der Waals surface area (Å²) < 4.78 is 5.34. The number of ether oxygens (including phenoxy) is 1. The second kappa shape index (κ2) is 6.05. The van der Waals surface area contributed by atoms with Gasteiger partial charge in [0.15, 0.2) is 0 Å². The van der Waals surface area contributed by atoms with E-state index in [4.69, 9.17) is 16.3 Å². The second-order valence-electron chi connectivity index (χ2n) is 5.01. The van der Waals surface area contributed by atoms with E-state index in [1.807, 2.05) is 39.8 Å². The van der Waals surface area contributed by atoms with E-state index >= 15 is 0 Å². The number of hydrogen-bond acceptors (Lipinski definition) is 3. The van der Waals surface area contributed by atoms with E-state index in [-0.39, 0.29) is 0 Å². The van der Waals surface area contributed by atoms with E-state index in [0.29, 0.717) is 18.2 Å². The van der Waals surface area contributed by atoms with Crippen LogP contribution in [0.3, 0.4) is 0 Å². The van der Waals surface area contributed by atoms with Crippen molar-refractivity contribution in [3.8, 4) is 0 Å². The Bertz CT molecular complexity index is 416. The Balaban J connectivity index is 2.92. The van der Waals surface area contributed by atoms with Crippen LogP contribution in [0.25, 0.3) is 0 Å². The molecule has 0 saturated carbocycles. The Kier molecular flexibility index (Phi) is 4.96. The highest BCUT2D eigenvalue weighted by molar-refractivity contribution is 6.18. The first-order valence-electron chi connectivity index (χ1n) is 5.82. The highest BCUT2D eigenvalue weighted by Gasteiger charge is 2.23. The van der Waals surface area contributed by atoms with Gasteiger partial charge in [0.2, 0.25) is 0 Å². The van der Waals surface area contributed by atoms with Crippen molar-refractivity contribution < 1.29 is 9.53 Å². The molecule has 100 valence electrons. The molecule has 1 aromatic heterocycles. The van der Waals surface area contributed by atoms with Gasteiger partial charge in [0.1, 0.15) is 11.4 Å². The predicted molar refractivity (Wildman–Crippen MR) is 73.3 cm³/mol. The standard InChI is InChI=1S/C13H19ClN2O2/c1-10-5-7-15-11(9-10)16(8-6-14)12(17)18-13(2,3)4/h5,7,9H,6,8H2,1-4H3. The number of halogens is 1. The first-order valence-corrected chi connectivity index (χ1v) is 6.36. The number of alkyl halides is 1. The number of aryl methyl sites for hydroxylation is 1. The van der Waals surface area contributed by atoms with Crippen LogP contribution in [0.5, 0.6) is 0 Å². The molecule has 0 unspecified atom stereocenters. The van der Waals surface area contributed by atoms with Crippen LogP contribution < -0.4 is 4.90 Å². The van der Waals surface area contributed by atoms with Crippen molar-refractivity contribution in [2.24, 2.45) is 0 Å². The average Bonchev–Trinajstić information content (AvgIpc) is 2.23. The van der Waals surface area contributed by atoms with Crippen LogP contribution in [0.15, 0.2) is 18.3 Å². The Morgan fingerprint density at radius 1 is 1.50 bits per heavy atom. The maximum Gasteiger partial charge on any atom is 0.416 e. The summed E-state index contributed by atoms with van der Waals surface area (Å²) in [5.41, 5.74) is 0.494. The van der Waals surface area contributed by atoms with Crippen molar-refractivity contribution in [3.63, 3.8) is 0 Å². The van der Waals surface area contributed by atoms with Crippen LogP contribution in [0.1, 0.15) is 26.3 Å². The average molecular weight is 271 g/mol. The zero-order valence-electron chi connectivity index (χ0n) is 11.2. The number of amides is 1. The van der Waals surface area contributed by atoms with E-state index in [1.54, 1.807) is 6.20 Å². The van der Waals surface area contributed by atoms with Crippen LogP contribution in [0.2, 0.25) is 0 Å². The molecule has 0 aliphatic rings. The van der Waals surface area contributed by atoms with Gasteiger partial charge < -0.3 is 4.74 Å². The quantitative estimate of drug-likeness (QED) is 0.791. The minimum atomic E-state index is -0.536. The van der Waals surface area contributed by atoms with Crippen LogP contribution >= 0.6 is 11.6 Å². The molecule has 0 aromatic carbocycles. The number of carbonyl (C=O) groups is 1. The molecule has 0 aliphatic carbocycles. The van der Waals surface area contributed by atoms with E-state index in [1.165, 1.54) is 4.90 Å². The zero-order chi connectivity index (χ0) is 13.8. The lowest BCUT2D eigenvalue weighted by Crippen LogP contribution is -2.38. The van der Waals surface area contributed by atoms with Gasteiger partial charge in [0.05, 0.1) is 0 Å². The molecule has 1 heterocycles. The largest absolute Gasteiger partial charge is 0.443 e. The lowest BCUT2D eigenvalue weighted by molar-refractivity contribution is 0.0581. The Morgan fingerprint density at radius 2 is 2.17 bits per heavy atom. The van der Waals surface area contributed by atoms with Crippen molar-refractivity contribution in [2.75, 3.05) is 17.3 Å². The predicted octanol–water partition coefficient (Wildman–Crippen LogP) is 3.37. The van der Waals surface area contributed by atoms with Crippen molar-refractivity contribution in [1.82, 2.24) is 4.98 Å². The number of pyridine rings is 1. The number of carbonyl (C=O) groups excluding carboxylic acids is 1. The Hall–Kier alpha value is -1.29. The van der Waals surface area contributed by atoms with Crippen molar-refractivity contribution in [2.45, 2.75) is 33.3 Å². The minimum absolute atomic E-state index is 0.328. The van der Waals surface area contributed by atoms with Crippen molar-refractivity contribution in [3.05, 3.63) is 23.9 Å². The summed E-state index contributed by atoms with van der Waals surface area (Å²) in [4.78, 5) is 17.7. The Morgan fingerprint density at radius 3 is 2.67 bits per heavy atom. The maximum absolute atomic E-state index is 12.1. The highest BCUT2D eigenvalue weighted by Crippen LogP contribution is 2.17. The summed E-state index contributed by atoms with van der Waals surface area (Å²) in [7, 11) is 0. The van der Waals surface area contributed by atoms with Gasteiger partial charge in [-0.2, -0.15) is 0 Å². The van der Waals surface area contributed by atoms with Gasteiger partial charge in [-0.3, -0.25) is 4.90 Å². The second-order valence-corrected chi connectivity index (χ2v) is 5.39. The smallest absolute Gasteiger partial charge is 0.416 e. The molecule has 0 saturated heterocycles. The molecular weight excluding hydrogens is 252 g/mol. The third-order valence-electron chi connectivity index (χ3n) is 2.10. The summed E-state index contributed by atoms with van der Waals surface area (Å²) in [5.74, 6) is 0.888. The molecule has 1 aromatic rings. The Labute approximate surface area is 113 Å². The summed E-state index contributed by atoms with van der Waals surface area (Å²) in [6.45, 7) is 7.79. The SMILES string of the molecule is Cc1ccnc(N(CCCl)C(=O)OC(C)(C)C)c1. The molecule has 0 aliphatic heterocycles. The molecule has 0 fully saturated rings. The van der Waals surface area contributed by atoms with Crippen LogP contribution in [0.4, 0.5) is 10.6 Å². The van der Waals surface area contributed by atoms with Crippen LogP contribution in [0, 0.1) is 6.92 Å². The lowest BCUT2D eigenvalue weighted by Gasteiger charge is -2.26. The highest BCUT2D eigenvalue weighted by atomic mass is 35.5. The normalized spacial score (nSPS) is 11.2. The molecule has 0 spiro atoms. The fourth-order valence-electron chi connectivity index (χ4n) is 1.37. The maximum atomic E-state index is 12.1. The lowest BCUT2D eigenvalue weighted by atomic mass is 10.2. The van der Waals surface area contributed by atoms with Crippen LogP contribution in [-0.2, 0) is 4.74 Å². The molecule has 1 amide bonds. The first-order chi connectivity index (χ1) is 8.33. The van der Waals surface area contributed by atoms with E-state index in [2.05, 4.69) is 4.98 Å². The molecular formula is C13H19ClN2O2.